The predicted molar refractivity (Wildman–Crippen MR) is 108 cm³/mol. The third-order valence-electron chi connectivity index (χ3n) is 5.10. The van der Waals surface area contributed by atoms with Crippen LogP contribution < -0.4 is 5.73 Å². The summed E-state index contributed by atoms with van der Waals surface area (Å²) in [4.78, 5) is 2.48. The Balaban J connectivity index is 0.00000196. The van der Waals surface area contributed by atoms with Gasteiger partial charge >= 0.3 is 0 Å². The minimum atomic E-state index is 0. The molecule has 4 nitrogen and oxygen atoms in total. The second-order valence-corrected chi connectivity index (χ2v) is 6.79. The molecule has 2 heterocycles. The van der Waals surface area contributed by atoms with E-state index in [1.54, 1.807) is 0 Å². The van der Waals surface area contributed by atoms with Crippen molar-refractivity contribution in [2.45, 2.75) is 12.5 Å². The van der Waals surface area contributed by atoms with Gasteiger partial charge in [0.25, 0.3) is 0 Å². The van der Waals surface area contributed by atoms with E-state index in [-0.39, 0.29) is 12.4 Å². The Kier molecular flexibility index (Phi) is 6.09. The monoisotopic (exact) mass is 368 g/mol. The molecule has 4 rings (SSSR count). The van der Waals surface area contributed by atoms with Crippen molar-refractivity contribution in [2.75, 3.05) is 19.6 Å². The summed E-state index contributed by atoms with van der Waals surface area (Å²) >= 11 is 0. The van der Waals surface area contributed by atoms with Gasteiger partial charge in [-0.15, -0.1) is 12.4 Å². The standard InChI is InChI=1S/C21H24N4.ClH/c22-13-18-14-24(16-21(18)17-7-3-1-4-8-17)15-19-11-12-25(23-19)20-9-5-2-6-10-20;/h1-12,18,21H,13-16,22H2;1H/t18-,21+;/m1./s1. The molecule has 2 atom stereocenters. The van der Waals surface area contributed by atoms with Crippen LogP contribution in [0.15, 0.2) is 72.9 Å². The smallest absolute Gasteiger partial charge is 0.0769 e. The number of hydrogen-bond acceptors (Lipinski definition) is 3. The van der Waals surface area contributed by atoms with Crippen molar-refractivity contribution in [1.82, 2.24) is 14.7 Å². The van der Waals surface area contributed by atoms with Gasteiger partial charge in [-0.05, 0) is 36.2 Å². The summed E-state index contributed by atoms with van der Waals surface area (Å²) in [5.74, 6) is 1.03. The zero-order valence-corrected chi connectivity index (χ0v) is 15.6. The minimum absolute atomic E-state index is 0. The van der Waals surface area contributed by atoms with Crippen molar-refractivity contribution in [3.05, 3.63) is 84.2 Å². The van der Waals surface area contributed by atoms with E-state index in [1.165, 1.54) is 5.56 Å². The molecule has 1 aliphatic heterocycles. The van der Waals surface area contributed by atoms with Crippen LogP contribution in [0.1, 0.15) is 17.2 Å². The fourth-order valence-corrected chi connectivity index (χ4v) is 3.81. The number of benzene rings is 2. The molecule has 0 aliphatic carbocycles. The molecule has 2 aromatic carbocycles. The number of nitrogens with two attached hydrogens (primary N) is 1. The molecule has 0 radical (unpaired) electrons. The van der Waals surface area contributed by atoms with Crippen LogP contribution in [-0.4, -0.2) is 34.3 Å². The Hall–Kier alpha value is -2.14. The molecule has 0 spiro atoms. The van der Waals surface area contributed by atoms with Gasteiger partial charge < -0.3 is 5.73 Å². The lowest BCUT2D eigenvalue weighted by Gasteiger charge is -2.16. The molecule has 0 amide bonds. The second kappa shape index (κ2) is 8.49. The van der Waals surface area contributed by atoms with E-state index in [9.17, 15) is 0 Å². The fourth-order valence-electron chi connectivity index (χ4n) is 3.81. The van der Waals surface area contributed by atoms with Crippen LogP contribution in [0.5, 0.6) is 0 Å². The molecule has 1 aliphatic rings. The van der Waals surface area contributed by atoms with Crippen molar-refractivity contribution in [3.63, 3.8) is 0 Å². The summed E-state index contributed by atoms with van der Waals surface area (Å²) in [6.07, 6.45) is 2.04. The molecular weight excluding hydrogens is 344 g/mol. The highest BCUT2D eigenvalue weighted by atomic mass is 35.5. The highest BCUT2D eigenvalue weighted by molar-refractivity contribution is 5.85. The number of para-hydroxylation sites is 1. The number of nitrogens with zero attached hydrogens (tertiary/aromatic N) is 3. The van der Waals surface area contributed by atoms with E-state index >= 15 is 0 Å². The van der Waals surface area contributed by atoms with Crippen molar-refractivity contribution < 1.29 is 0 Å². The summed E-state index contributed by atoms with van der Waals surface area (Å²) in [7, 11) is 0. The van der Waals surface area contributed by atoms with Crippen molar-refractivity contribution in [2.24, 2.45) is 11.7 Å². The summed E-state index contributed by atoms with van der Waals surface area (Å²) < 4.78 is 1.94. The van der Waals surface area contributed by atoms with Gasteiger partial charge in [-0.1, -0.05) is 48.5 Å². The number of rotatable bonds is 5. The molecule has 5 heteroatoms. The lowest BCUT2D eigenvalue weighted by atomic mass is 9.89. The van der Waals surface area contributed by atoms with Gasteiger partial charge in [-0.3, -0.25) is 4.90 Å². The fraction of sp³-hybridized carbons (Fsp3) is 0.286. The van der Waals surface area contributed by atoms with Crippen molar-refractivity contribution >= 4 is 12.4 Å². The van der Waals surface area contributed by atoms with Gasteiger partial charge in [0.15, 0.2) is 0 Å². The molecule has 0 saturated carbocycles. The molecule has 0 unspecified atom stereocenters. The van der Waals surface area contributed by atoms with Crippen molar-refractivity contribution in [1.29, 1.82) is 0 Å². The highest BCUT2D eigenvalue weighted by Gasteiger charge is 2.32. The average Bonchev–Trinajstić information content (AvgIpc) is 3.30. The Morgan fingerprint density at radius 2 is 1.62 bits per heavy atom. The quantitative estimate of drug-likeness (QED) is 0.750. The van der Waals surface area contributed by atoms with E-state index in [2.05, 4.69) is 53.4 Å². The maximum absolute atomic E-state index is 6.05. The van der Waals surface area contributed by atoms with Gasteiger partial charge in [0.05, 0.1) is 11.4 Å². The molecule has 1 fully saturated rings. The van der Waals surface area contributed by atoms with Gasteiger partial charge in [0.2, 0.25) is 0 Å². The van der Waals surface area contributed by atoms with E-state index < -0.39 is 0 Å². The zero-order valence-electron chi connectivity index (χ0n) is 14.7. The minimum Gasteiger partial charge on any atom is -0.330 e. The molecule has 2 N–H and O–H groups in total. The first-order chi connectivity index (χ1) is 12.3. The predicted octanol–water partition coefficient (Wildman–Crippen LogP) is 3.47. The maximum Gasteiger partial charge on any atom is 0.0769 e. The summed E-state index contributed by atoms with van der Waals surface area (Å²) in [5, 5.41) is 4.74. The first kappa shape index (κ1) is 18.6. The highest BCUT2D eigenvalue weighted by Crippen LogP contribution is 2.32. The number of likely N-dealkylation sites (tertiary alicyclic amines) is 1. The first-order valence-electron chi connectivity index (χ1n) is 8.91. The summed E-state index contributed by atoms with van der Waals surface area (Å²) in [5.41, 5.74) is 9.65. The Bertz CT molecular complexity index is 803. The molecule has 1 saturated heterocycles. The van der Waals surface area contributed by atoms with Crippen LogP contribution in [0.25, 0.3) is 5.69 Å². The number of hydrogen-bond donors (Lipinski definition) is 1. The van der Waals surface area contributed by atoms with E-state index in [1.807, 2.05) is 29.1 Å². The van der Waals surface area contributed by atoms with Crippen molar-refractivity contribution in [3.8, 4) is 5.69 Å². The summed E-state index contributed by atoms with van der Waals surface area (Å²) in [6, 6.07) is 23.1. The topological polar surface area (TPSA) is 47.1 Å². The lowest BCUT2D eigenvalue weighted by molar-refractivity contribution is 0.312. The summed E-state index contributed by atoms with van der Waals surface area (Å²) in [6.45, 7) is 3.69. The first-order valence-corrected chi connectivity index (χ1v) is 8.91. The van der Waals surface area contributed by atoms with E-state index in [0.29, 0.717) is 11.8 Å². The van der Waals surface area contributed by atoms with Crippen LogP contribution in [-0.2, 0) is 6.54 Å². The number of aromatic nitrogens is 2. The third-order valence-corrected chi connectivity index (χ3v) is 5.10. The molecule has 136 valence electrons. The van der Waals surface area contributed by atoms with Crippen LogP contribution in [0.2, 0.25) is 0 Å². The number of halogens is 1. The van der Waals surface area contributed by atoms with Crippen LogP contribution in [0.3, 0.4) is 0 Å². The van der Waals surface area contributed by atoms with Gasteiger partial charge in [0, 0.05) is 31.7 Å². The SMILES string of the molecule is Cl.NC[C@@H]1CN(Cc2ccn(-c3ccccc3)n2)C[C@H]1c1ccccc1. The third kappa shape index (κ3) is 3.98. The molecular formula is C21H25ClN4. The normalized spacial score (nSPS) is 20.0. The van der Waals surface area contributed by atoms with Crippen LogP contribution >= 0.6 is 12.4 Å². The second-order valence-electron chi connectivity index (χ2n) is 6.79. The molecule has 3 aromatic rings. The van der Waals surface area contributed by atoms with Gasteiger partial charge in [-0.25, -0.2) is 4.68 Å². The van der Waals surface area contributed by atoms with E-state index in [0.717, 1.165) is 37.6 Å². The maximum atomic E-state index is 6.05. The zero-order chi connectivity index (χ0) is 17.1. The van der Waals surface area contributed by atoms with Crippen LogP contribution in [0, 0.1) is 5.92 Å². The average molecular weight is 369 g/mol. The molecule has 1 aromatic heterocycles. The Morgan fingerprint density at radius 1 is 0.923 bits per heavy atom. The van der Waals surface area contributed by atoms with Crippen LogP contribution in [0.4, 0.5) is 0 Å². The lowest BCUT2D eigenvalue weighted by Crippen LogP contribution is -2.23. The largest absolute Gasteiger partial charge is 0.330 e. The van der Waals surface area contributed by atoms with E-state index in [4.69, 9.17) is 10.8 Å². The van der Waals surface area contributed by atoms with Gasteiger partial charge in [0.1, 0.15) is 0 Å². The Morgan fingerprint density at radius 3 is 2.31 bits per heavy atom. The van der Waals surface area contributed by atoms with Gasteiger partial charge in [-0.2, -0.15) is 5.10 Å². The Labute approximate surface area is 161 Å². The molecule has 0 bridgehead atoms. The molecule has 26 heavy (non-hydrogen) atoms.